The SMILES string of the molecule is CO[Si](C)(OC)OC(N)c1ccccc1. The Morgan fingerprint density at radius 2 is 1.67 bits per heavy atom. The van der Waals surface area contributed by atoms with Gasteiger partial charge in [0.05, 0.1) is 0 Å². The summed E-state index contributed by atoms with van der Waals surface area (Å²) in [5.41, 5.74) is 6.79. The van der Waals surface area contributed by atoms with E-state index in [2.05, 4.69) is 0 Å². The van der Waals surface area contributed by atoms with E-state index in [4.69, 9.17) is 19.0 Å². The van der Waals surface area contributed by atoms with E-state index in [0.717, 1.165) is 5.56 Å². The fourth-order valence-corrected chi connectivity index (χ4v) is 2.08. The molecule has 2 N–H and O–H groups in total. The zero-order valence-electron chi connectivity index (χ0n) is 9.27. The molecule has 0 aliphatic carbocycles. The first-order valence-corrected chi connectivity index (χ1v) is 6.92. The summed E-state index contributed by atoms with van der Waals surface area (Å²) in [6.07, 6.45) is -0.511. The summed E-state index contributed by atoms with van der Waals surface area (Å²) in [4.78, 5) is 0. The Bertz CT molecular complexity index is 290. The van der Waals surface area contributed by atoms with Crippen LogP contribution in [0.15, 0.2) is 30.3 Å². The normalized spacial score (nSPS) is 13.9. The van der Waals surface area contributed by atoms with Crippen LogP contribution in [0.4, 0.5) is 0 Å². The topological polar surface area (TPSA) is 53.7 Å². The standard InChI is InChI=1S/C10H17NO3Si/c1-12-15(3,13-2)14-10(11)9-7-5-4-6-8-9/h4-8,10H,11H2,1-3H3. The van der Waals surface area contributed by atoms with Crippen LogP contribution in [-0.2, 0) is 13.3 Å². The van der Waals surface area contributed by atoms with Crippen molar-refractivity contribution in [1.82, 2.24) is 0 Å². The van der Waals surface area contributed by atoms with Crippen LogP contribution in [0.2, 0.25) is 6.55 Å². The quantitative estimate of drug-likeness (QED) is 0.612. The number of hydrogen-bond acceptors (Lipinski definition) is 4. The lowest BCUT2D eigenvalue weighted by molar-refractivity contribution is 0.0634. The van der Waals surface area contributed by atoms with Crippen molar-refractivity contribution in [2.24, 2.45) is 5.73 Å². The van der Waals surface area contributed by atoms with E-state index in [-0.39, 0.29) is 0 Å². The molecule has 1 rings (SSSR count). The minimum absolute atomic E-state index is 0.511. The van der Waals surface area contributed by atoms with Gasteiger partial charge in [-0.25, -0.2) is 0 Å². The minimum Gasteiger partial charge on any atom is -0.377 e. The van der Waals surface area contributed by atoms with E-state index < -0.39 is 15.0 Å². The molecule has 0 bridgehead atoms. The number of hydrogen-bond donors (Lipinski definition) is 1. The van der Waals surface area contributed by atoms with Crippen LogP contribution in [0, 0.1) is 0 Å². The second kappa shape index (κ2) is 5.39. The summed E-state index contributed by atoms with van der Waals surface area (Å²) in [7, 11) is 0.558. The van der Waals surface area contributed by atoms with E-state index in [0.29, 0.717) is 0 Å². The smallest absolute Gasteiger partial charge is 0.377 e. The van der Waals surface area contributed by atoms with Gasteiger partial charge in [0, 0.05) is 20.8 Å². The molecule has 0 aliphatic rings. The molecule has 1 atom stereocenters. The van der Waals surface area contributed by atoms with Gasteiger partial charge >= 0.3 is 8.80 Å². The van der Waals surface area contributed by atoms with Gasteiger partial charge in [-0.3, -0.25) is 0 Å². The summed E-state index contributed by atoms with van der Waals surface area (Å²) >= 11 is 0. The molecule has 1 aromatic rings. The van der Waals surface area contributed by atoms with Crippen LogP contribution in [-0.4, -0.2) is 23.0 Å². The van der Waals surface area contributed by atoms with Crippen LogP contribution >= 0.6 is 0 Å². The third-order valence-corrected chi connectivity index (χ3v) is 4.38. The van der Waals surface area contributed by atoms with Gasteiger partial charge in [-0.2, -0.15) is 0 Å². The molecule has 0 heterocycles. The third kappa shape index (κ3) is 3.40. The van der Waals surface area contributed by atoms with Gasteiger partial charge in [0.2, 0.25) is 0 Å². The van der Waals surface area contributed by atoms with Crippen molar-refractivity contribution in [2.45, 2.75) is 12.8 Å². The maximum Gasteiger partial charge on any atom is 0.498 e. The molecule has 0 spiro atoms. The minimum atomic E-state index is -2.57. The molecule has 1 aromatic carbocycles. The van der Waals surface area contributed by atoms with E-state index in [9.17, 15) is 0 Å². The van der Waals surface area contributed by atoms with E-state index >= 15 is 0 Å². The van der Waals surface area contributed by atoms with Gasteiger partial charge in [-0.15, -0.1) is 0 Å². The van der Waals surface area contributed by atoms with E-state index in [1.165, 1.54) is 0 Å². The number of rotatable bonds is 5. The van der Waals surface area contributed by atoms with Gasteiger partial charge in [-0.05, 0) is 5.56 Å². The molecular formula is C10H17NO3Si. The molecule has 15 heavy (non-hydrogen) atoms. The summed E-state index contributed by atoms with van der Waals surface area (Å²) in [6, 6.07) is 9.57. The molecule has 0 saturated heterocycles. The first-order chi connectivity index (χ1) is 7.11. The molecule has 0 aromatic heterocycles. The number of nitrogens with two attached hydrogens (primary N) is 1. The van der Waals surface area contributed by atoms with Gasteiger partial charge in [0.15, 0.2) is 0 Å². The summed E-state index contributed by atoms with van der Waals surface area (Å²) in [5, 5.41) is 0. The molecule has 5 heteroatoms. The van der Waals surface area contributed by atoms with Gasteiger partial charge in [0.25, 0.3) is 0 Å². The molecule has 0 fully saturated rings. The lowest BCUT2D eigenvalue weighted by Crippen LogP contribution is -2.43. The molecule has 84 valence electrons. The first-order valence-electron chi connectivity index (χ1n) is 4.70. The molecular weight excluding hydrogens is 210 g/mol. The Hall–Kier alpha value is -0.723. The first kappa shape index (κ1) is 12.3. The largest absolute Gasteiger partial charge is 0.498 e. The molecule has 0 saturated carbocycles. The van der Waals surface area contributed by atoms with Crippen LogP contribution in [0.1, 0.15) is 11.8 Å². The predicted molar refractivity (Wildman–Crippen MR) is 60.1 cm³/mol. The Morgan fingerprint density at radius 3 is 2.13 bits per heavy atom. The highest BCUT2D eigenvalue weighted by molar-refractivity contribution is 6.59. The number of benzene rings is 1. The lowest BCUT2D eigenvalue weighted by atomic mass is 10.2. The van der Waals surface area contributed by atoms with Crippen LogP contribution in [0.5, 0.6) is 0 Å². The fourth-order valence-electron chi connectivity index (χ4n) is 1.12. The maximum absolute atomic E-state index is 5.88. The van der Waals surface area contributed by atoms with Crippen LogP contribution in [0.3, 0.4) is 0 Å². The van der Waals surface area contributed by atoms with Crippen molar-refractivity contribution >= 4 is 8.80 Å². The zero-order chi connectivity index (χ0) is 11.3. The predicted octanol–water partition coefficient (Wildman–Crippen LogP) is 1.52. The van der Waals surface area contributed by atoms with Gasteiger partial charge in [0.1, 0.15) is 6.23 Å². The van der Waals surface area contributed by atoms with Crippen molar-refractivity contribution in [2.75, 3.05) is 14.2 Å². The third-order valence-electron chi connectivity index (χ3n) is 2.21. The molecule has 4 nitrogen and oxygen atoms in total. The summed E-state index contributed by atoms with van der Waals surface area (Å²) in [6.45, 7) is 1.80. The second-order valence-electron chi connectivity index (χ2n) is 3.22. The Morgan fingerprint density at radius 1 is 1.13 bits per heavy atom. The lowest BCUT2D eigenvalue weighted by Gasteiger charge is -2.26. The maximum atomic E-state index is 5.88. The summed E-state index contributed by atoms with van der Waals surface area (Å²) < 4.78 is 16.0. The van der Waals surface area contributed by atoms with Gasteiger partial charge in [-0.1, -0.05) is 30.3 Å². The molecule has 0 radical (unpaired) electrons. The zero-order valence-corrected chi connectivity index (χ0v) is 10.3. The highest BCUT2D eigenvalue weighted by Gasteiger charge is 2.34. The molecule has 0 aliphatic heterocycles. The molecule has 1 unspecified atom stereocenters. The highest BCUT2D eigenvalue weighted by atomic mass is 28.4. The van der Waals surface area contributed by atoms with E-state index in [1.54, 1.807) is 20.8 Å². The monoisotopic (exact) mass is 227 g/mol. The molecule has 0 amide bonds. The highest BCUT2D eigenvalue weighted by Crippen LogP contribution is 2.17. The Kier molecular flexibility index (Phi) is 4.43. The second-order valence-corrected chi connectivity index (χ2v) is 6.00. The van der Waals surface area contributed by atoms with Gasteiger partial charge < -0.3 is 19.0 Å². The van der Waals surface area contributed by atoms with E-state index in [1.807, 2.05) is 30.3 Å². The van der Waals surface area contributed by atoms with Crippen molar-refractivity contribution in [3.63, 3.8) is 0 Å². The average Bonchev–Trinajstić information content (AvgIpc) is 2.30. The van der Waals surface area contributed by atoms with Crippen molar-refractivity contribution in [3.05, 3.63) is 35.9 Å². The summed E-state index contributed by atoms with van der Waals surface area (Å²) in [5.74, 6) is 0. The van der Waals surface area contributed by atoms with Crippen molar-refractivity contribution in [1.29, 1.82) is 0 Å². The fraction of sp³-hybridized carbons (Fsp3) is 0.400. The van der Waals surface area contributed by atoms with Crippen molar-refractivity contribution < 1.29 is 13.3 Å². The van der Waals surface area contributed by atoms with Crippen LogP contribution in [0.25, 0.3) is 0 Å². The Balaban J connectivity index is 2.67. The average molecular weight is 227 g/mol. The van der Waals surface area contributed by atoms with Crippen LogP contribution < -0.4 is 5.73 Å². The Labute approximate surface area is 91.3 Å². The van der Waals surface area contributed by atoms with Crippen molar-refractivity contribution in [3.8, 4) is 0 Å².